The van der Waals surface area contributed by atoms with Gasteiger partial charge < -0.3 is 0 Å². The van der Waals surface area contributed by atoms with Crippen molar-refractivity contribution in [2.75, 3.05) is 12.5 Å². The summed E-state index contributed by atoms with van der Waals surface area (Å²) in [4.78, 5) is 0. The second kappa shape index (κ2) is 9.08. The predicted molar refractivity (Wildman–Crippen MR) is 25.2 cm³/mol. The van der Waals surface area contributed by atoms with E-state index < -0.39 is 0 Å². The van der Waals surface area contributed by atoms with Crippen molar-refractivity contribution in [2.45, 2.75) is 0 Å². The van der Waals surface area contributed by atoms with Crippen LogP contribution in [0.2, 0.25) is 0 Å². The molecule has 0 saturated heterocycles. The summed E-state index contributed by atoms with van der Waals surface area (Å²) < 4.78 is 0. The zero-order chi connectivity index (χ0) is 2.71. The monoisotopic (exact) mass is 137 g/mol. The molecule has 0 aromatic heterocycles. The van der Waals surface area contributed by atoms with Gasteiger partial charge >= 0.3 is 18.0 Å². The number of hydrogen-bond donors (Lipinski definition) is 0. The maximum Gasteiger partial charge on any atom is 3.00 e. The molecule has 0 spiro atoms. The molecular weight excluding hydrogens is 131 g/mol. The van der Waals surface area contributed by atoms with Gasteiger partial charge in [0, 0.05) is 0 Å². The minimum atomic E-state index is 0. The van der Waals surface area contributed by atoms with E-state index in [-0.39, 0.29) is 18.0 Å². The van der Waals surface area contributed by atoms with Crippen LogP contribution in [0.5, 0.6) is 0 Å². The Kier molecular flexibility index (Phi) is 20.1. The SMILES string of the molecule is CSC.[As+3]. The summed E-state index contributed by atoms with van der Waals surface area (Å²) in [6.45, 7) is 0. The van der Waals surface area contributed by atoms with Crippen molar-refractivity contribution in [3.8, 4) is 0 Å². The minimum absolute atomic E-state index is 0. The summed E-state index contributed by atoms with van der Waals surface area (Å²) in [5, 5.41) is 0. The Labute approximate surface area is 42.7 Å². The molecule has 0 heterocycles. The Hall–Kier alpha value is 0.908. The standard InChI is InChI=1S/C2H6S.As/c1-3-2;/h1-2H3;/q;+3. The zero-order valence-electron chi connectivity index (χ0n) is 2.86. The van der Waals surface area contributed by atoms with Crippen LogP contribution in [0, 0.1) is 0 Å². The third-order valence-electron chi connectivity index (χ3n) is 0. The summed E-state index contributed by atoms with van der Waals surface area (Å²) >= 11 is 1.75. The molecular formula is C2H6AsS+3. The molecule has 0 unspecified atom stereocenters. The molecule has 0 fully saturated rings. The van der Waals surface area contributed by atoms with E-state index in [4.69, 9.17) is 0 Å². The zero-order valence-corrected chi connectivity index (χ0v) is 5.55. The topological polar surface area (TPSA) is 0 Å². The van der Waals surface area contributed by atoms with E-state index in [0.717, 1.165) is 0 Å². The summed E-state index contributed by atoms with van der Waals surface area (Å²) in [7, 11) is 0. The summed E-state index contributed by atoms with van der Waals surface area (Å²) in [6, 6.07) is 0. The van der Waals surface area contributed by atoms with Gasteiger partial charge in [0.1, 0.15) is 0 Å². The molecule has 0 nitrogen and oxygen atoms in total. The van der Waals surface area contributed by atoms with E-state index in [1.807, 2.05) is 12.5 Å². The van der Waals surface area contributed by atoms with Crippen LogP contribution in [-0.4, -0.2) is 30.5 Å². The van der Waals surface area contributed by atoms with Gasteiger partial charge in [0.05, 0.1) is 0 Å². The minimum Gasteiger partial charge on any atom is -0.169 e. The van der Waals surface area contributed by atoms with Crippen LogP contribution in [0.25, 0.3) is 0 Å². The molecule has 22 valence electrons. The summed E-state index contributed by atoms with van der Waals surface area (Å²) in [5.74, 6) is 0. The van der Waals surface area contributed by atoms with Crippen molar-refractivity contribution < 1.29 is 0 Å². The smallest absolute Gasteiger partial charge is 0.169 e. The van der Waals surface area contributed by atoms with Crippen molar-refractivity contribution in [3.05, 3.63) is 0 Å². The normalized spacial score (nSPS) is 4.50. The van der Waals surface area contributed by atoms with Gasteiger partial charge in [-0.05, 0) is 12.5 Å². The van der Waals surface area contributed by atoms with Gasteiger partial charge in [0.25, 0.3) is 0 Å². The first-order chi connectivity index (χ1) is 1.41. The molecule has 0 N–H and O–H groups in total. The Balaban J connectivity index is 0. The van der Waals surface area contributed by atoms with E-state index in [1.165, 1.54) is 0 Å². The van der Waals surface area contributed by atoms with Crippen LogP contribution >= 0.6 is 11.8 Å². The van der Waals surface area contributed by atoms with Crippen LogP contribution in [0.3, 0.4) is 0 Å². The third-order valence-corrected chi connectivity index (χ3v) is 0. The molecule has 0 aromatic rings. The van der Waals surface area contributed by atoms with Crippen molar-refractivity contribution in [1.29, 1.82) is 0 Å². The molecule has 0 amide bonds. The Morgan fingerprint density at radius 3 is 1.25 bits per heavy atom. The van der Waals surface area contributed by atoms with Gasteiger partial charge in [-0.25, -0.2) is 0 Å². The van der Waals surface area contributed by atoms with Crippen LogP contribution in [-0.2, 0) is 0 Å². The van der Waals surface area contributed by atoms with Crippen molar-refractivity contribution in [3.63, 3.8) is 0 Å². The first-order valence-corrected chi connectivity index (χ1v) is 2.45. The van der Waals surface area contributed by atoms with Gasteiger partial charge in [-0.15, -0.1) is 0 Å². The van der Waals surface area contributed by atoms with E-state index in [1.54, 1.807) is 11.8 Å². The number of rotatable bonds is 0. The molecule has 4 heavy (non-hydrogen) atoms. The molecule has 0 aromatic carbocycles. The fourth-order valence-corrected chi connectivity index (χ4v) is 0. The van der Waals surface area contributed by atoms with Crippen LogP contribution in [0.1, 0.15) is 0 Å². The van der Waals surface area contributed by atoms with E-state index in [2.05, 4.69) is 0 Å². The maximum atomic E-state index is 2.04. The fourth-order valence-electron chi connectivity index (χ4n) is 0. The van der Waals surface area contributed by atoms with Crippen LogP contribution in [0.15, 0.2) is 0 Å². The van der Waals surface area contributed by atoms with Crippen molar-refractivity contribution >= 4 is 29.7 Å². The van der Waals surface area contributed by atoms with Gasteiger partial charge in [0.2, 0.25) is 0 Å². The van der Waals surface area contributed by atoms with Crippen LogP contribution < -0.4 is 0 Å². The average molecular weight is 137 g/mol. The first kappa shape index (κ1) is 8.86. The molecule has 0 bridgehead atoms. The van der Waals surface area contributed by atoms with Crippen LogP contribution in [0.4, 0.5) is 0 Å². The van der Waals surface area contributed by atoms with Gasteiger partial charge in [0.15, 0.2) is 0 Å². The van der Waals surface area contributed by atoms with Crippen molar-refractivity contribution in [1.82, 2.24) is 0 Å². The molecule has 0 saturated carbocycles. The Morgan fingerprint density at radius 2 is 1.25 bits per heavy atom. The fraction of sp³-hybridized carbons (Fsp3) is 1.00. The molecule has 0 aliphatic heterocycles. The molecule has 2 heteroatoms. The molecule has 0 rings (SSSR count). The first-order valence-electron chi connectivity index (χ1n) is 0.816. The average Bonchev–Trinajstić information content (AvgIpc) is 0.918. The van der Waals surface area contributed by atoms with Gasteiger partial charge in [-0.3, -0.25) is 0 Å². The maximum absolute atomic E-state index is 2.04. The van der Waals surface area contributed by atoms with E-state index in [0.29, 0.717) is 0 Å². The largest absolute Gasteiger partial charge is 3.00 e. The Bertz CT molecular complexity index is 6.00. The van der Waals surface area contributed by atoms with E-state index >= 15 is 0 Å². The molecule has 0 atom stereocenters. The number of hydrogen-bond acceptors (Lipinski definition) is 1. The number of thioether (sulfide) groups is 1. The second-order valence-corrected chi connectivity index (χ2v) is 1.22. The van der Waals surface area contributed by atoms with Gasteiger partial charge in [-0.2, -0.15) is 11.8 Å². The third kappa shape index (κ3) is 12.8. The quantitative estimate of drug-likeness (QED) is 0.440. The summed E-state index contributed by atoms with van der Waals surface area (Å²) in [6.07, 6.45) is 4.08. The second-order valence-electron chi connectivity index (χ2n) is 0.408. The van der Waals surface area contributed by atoms with E-state index in [9.17, 15) is 0 Å². The molecule has 0 aliphatic carbocycles. The molecule has 2 radical (unpaired) electrons. The summed E-state index contributed by atoms with van der Waals surface area (Å²) in [5.41, 5.74) is 0. The van der Waals surface area contributed by atoms with Gasteiger partial charge in [-0.1, -0.05) is 0 Å². The Morgan fingerprint density at radius 1 is 1.25 bits per heavy atom. The molecule has 0 aliphatic rings. The predicted octanol–water partition coefficient (Wildman–Crippen LogP) is 0.598. The van der Waals surface area contributed by atoms with Crippen molar-refractivity contribution in [2.24, 2.45) is 0 Å².